The van der Waals surface area contributed by atoms with Crippen LogP contribution in [0.4, 0.5) is 10.1 Å². The number of nitro groups is 1. The molecule has 1 atom stereocenters. The Labute approximate surface area is 152 Å². The zero-order valence-corrected chi connectivity index (χ0v) is 14.2. The first-order chi connectivity index (χ1) is 12.9. The number of benzene rings is 2. The molecule has 0 aliphatic rings. The normalized spacial score (nSPS) is 11.8. The molecule has 1 aromatic heterocycles. The molecule has 0 aliphatic heterocycles. The molecule has 27 heavy (non-hydrogen) atoms. The molecular weight excluding hydrogens is 357 g/mol. The number of non-ortho nitro benzene ring substituents is 1. The van der Waals surface area contributed by atoms with Crippen molar-refractivity contribution in [3.8, 4) is 11.5 Å². The van der Waals surface area contributed by atoms with Gasteiger partial charge in [-0.1, -0.05) is 12.1 Å². The third-order valence-corrected chi connectivity index (χ3v) is 3.66. The molecule has 0 radical (unpaired) electrons. The van der Waals surface area contributed by atoms with Crippen molar-refractivity contribution in [3.05, 3.63) is 75.9 Å². The minimum atomic E-state index is -0.801. The van der Waals surface area contributed by atoms with Gasteiger partial charge in [0, 0.05) is 17.7 Å². The van der Waals surface area contributed by atoms with E-state index in [-0.39, 0.29) is 23.9 Å². The van der Waals surface area contributed by atoms with Gasteiger partial charge in [0.05, 0.1) is 11.3 Å². The molecule has 0 amide bonds. The molecule has 0 bridgehead atoms. The van der Waals surface area contributed by atoms with Crippen molar-refractivity contribution in [2.24, 2.45) is 0 Å². The van der Waals surface area contributed by atoms with Gasteiger partial charge in [-0.15, -0.1) is 10.2 Å². The van der Waals surface area contributed by atoms with E-state index in [0.29, 0.717) is 11.1 Å². The van der Waals surface area contributed by atoms with Crippen LogP contribution in [0.3, 0.4) is 0 Å². The number of nitrogens with zero attached hydrogens (tertiary/aromatic N) is 3. The lowest BCUT2D eigenvalue weighted by molar-refractivity contribution is -0.384. The highest BCUT2D eigenvalue weighted by atomic mass is 19.1. The summed E-state index contributed by atoms with van der Waals surface area (Å²) in [6.07, 6.45) is -0.892. The summed E-state index contributed by atoms with van der Waals surface area (Å²) >= 11 is 0. The number of carbonyl (C=O) groups excluding carboxylic acids is 1. The molecule has 8 nitrogen and oxygen atoms in total. The summed E-state index contributed by atoms with van der Waals surface area (Å²) in [5.41, 5.74) is 0.931. The summed E-state index contributed by atoms with van der Waals surface area (Å²) in [5, 5.41) is 18.4. The molecule has 1 unspecified atom stereocenters. The predicted molar refractivity (Wildman–Crippen MR) is 91.0 cm³/mol. The van der Waals surface area contributed by atoms with Gasteiger partial charge >= 0.3 is 5.97 Å². The van der Waals surface area contributed by atoms with Gasteiger partial charge in [0.15, 0.2) is 6.10 Å². The van der Waals surface area contributed by atoms with Crippen molar-refractivity contribution in [3.63, 3.8) is 0 Å². The average molecular weight is 371 g/mol. The lowest BCUT2D eigenvalue weighted by Crippen LogP contribution is -2.11. The maximum Gasteiger partial charge on any atom is 0.311 e. The van der Waals surface area contributed by atoms with Crippen LogP contribution in [0.25, 0.3) is 11.5 Å². The molecule has 0 aliphatic carbocycles. The van der Waals surface area contributed by atoms with E-state index in [9.17, 15) is 19.3 Å². The zero-order chi connectivity index (χ0) is 19.4. The van der Waals surface area contributed by atoms with Crippen molar-refractivity contribution in [1.29, 1.82) is 0 Å². The van der Waals surface area contributed by atoms with Gasteiger partial charge in [0.1, 0.15) is 5.82 Å². The van der Waals surface area contributed by atoms with Crippen LogP contribution in [0.2, 0.25) is 0 Å². The number of hydrogen-bond acceptors (Lipinski definition) is 7. The maximum atomic E-state index is 13.2. The number of ether oxygens (including phenoxy) is 1. The Bertz CT molecular complexity index is 971. The van der Waals surface area contributed by atoms with Gasteiger partial charge in [0.25, 0.3) is 11.6 Å². The van der Waals surface area contributed by atoms with E-state index in [4.69, 9.17) is 9.15 Å². The van der Waals surface area contributed by atoms with E-state index < -0.39 is 22.8 Å². The highest BCUT2D eigenvalue weighted by Crippen LogP contribution is 2.24. The molecule has 0 saturated carbocycles. The summed E-state index contributed by atoms with van der Waals surface area (Å²) < 4.78 is 23.9. The lowest BCUT2D eigenvalue weighted by Gasteiger charge is -2.09. The highest BCUT2D eigenvalue weighted by molar-refractivity contribution is 5.72. The Morgan fingerprint density at radius 1 is 1.26 bits per heavy atom. The smallest absolute Gasteiger partial charge is 0.311 e. The molecule has 0 fully saturated rings. The Hall–Kier alpha value is -3.62. The number of carbonyl (C=O) groups is 1. The van der Waals surface area contributed by atoms with Crippen molar-refractivity contribution in [1.82, 2.24) is 10.2 Å². The fraction of sp³-hybridized carbons (Fsp3) is 0.167. The Morgan fingerprint density at radius 2 is 2.00 bits per heavy atom. The van der Waals surface area contributed by atoms with Crippen LogP contribution in [0.5, 0.6) is 0 Å². The second-order valence-corrected chi connectivity index (χ2v) is 5.69. The van der Waals surface area contributed by atoms with E-state index in [1.54, 1.807) is 13.0 Å². The number of aromatic nitrogens is 2. The second-order valence-electron chi connectivity index (χ2n) is 5.69. The maximum absolute atomic E-state index is 13.2. The van der Waals surface area contributed by atoms with Crippen molar-refractivity contribution >= 4 is 11.7 Å². The van der Waals surface area contributed by atoms with Gasteiger partial charge in [-0.05, 0) is 36.8 Å². The Morgan fingerprint density at radius 3 is 2.67 bits per heavy atom. The minimum Gasteiger partial charge on any atom is -0.452 e. The van der Waals surface area contributed by atoms with E-state index in [1.165, 1.54) is 42.5 Å². The molecule has 0 spiro atoms. The molecule has 3 rings (SSSR count). The standard InChI is InChI=1S/C18H14FN3O5/c1-11(26-16(23)10-12-3-2-4-14(19)9-12)17-20-21-18(27-17)13-5-7-15(8-6-13)22(24)25/h2-9,11H,10H2,1H3. The van der Waals surface area contributed by atoms with Crippen LogP contribution >= 0.6 is 0 Å². The van der Waals surface area contributed by atoms with E-state index in [1.807, 2.05) is 0 Å². The van der Waals surface area contributed by atoms with Gasteiger partial charge in [-0.2, -0.15) is 0 Å². The molecule has 0 N–H and O–H groups in total. The first kappa shape index (κ1) is 18.2. The van der Waals surface area contributed by atoms with Crippen LogP contribution in [-0.4, -0.2) is 21.1 Å². The quantitative estimate of drug-likeness (QED) is 0.370. The van der Waals surface area contributed by atoms with Gasteiger partial charge in [-0.25, -0.2) is 4.39 Å². The molecular formula is C18H14FN3O5. The number of esters is 1. The van der Waals surface area contributed by atoms with Gasteiger partial charge in [-0.3, -0.25) is 14.9 Å². The van der Waals surface area contributed by atoms with Crippen molar-refractivity contribution in [2.75, 3.05) is 0 Å². The highest BCUT2D eigenvalue weighted by Gasteiger charge is 2.19. The summed E-state index contributed by atoms with van der Waals surface area (Å²) in [5.74, 6) is -0.773. The SMILES string of the molecule is CC(OC(=O)Cc1cccc(F)c1)c1nnc(-c2ccc([N+](=O)[O-])cc2)o1. The fourth-order valence-corrected chi connectivity index (χ4v) is 2.34. The average Bonchev–Trinajstić information content (AvgIpc) is 3.12. The molecule has 1 heterocycles. The summed E-state index contributed by atoms with van der Waals surface area (Å²) in [4.78, 5) is 22.2. The number of hydrogen-bond donors (Lipinski definition) is 0. The monoisotopic (exact) mass is 371 g/mol. The number of rotatable bonds is 6. The molecule has 9 heteroatoms. The summed E-state index contributed by atoms with van der Waals surface area (Å²) in [6, 6.07) is 11.3. The Kier molecular flexibility index (Phi) is 5.20. The van der Waals surface area contributed by atoms with E-state index in [2.05, 4.69) is 10.2 Å². The minimum absolute atomic E-state index is 0.0573. The van der Waals surface area contributed by atoms with Crippen LogP contribution in [0.1, 0.15) is 24.5 Å². The third kappa shape index (κ3) is 4.51. The molecule has 138 valence electrons. The van der Waals surface area contributed by atoms with Crippen LogP contribution in [0.15, 0.2) is 52.9 Å². The zero-order valence-electron chi connectivity index (χ0n) is 14.2. The van der Waals surface area contributed by atoms with E-state index in [0.717, 1.165) is 0 Å². The summed E-state index contributed by atoms with van der Waals surface area (Å²) in [7, 11) is 0. The largest absolute Gasteiger partial charge is 0.452 e. The van der Waals surface area contributed by atoms with Crippen LogP contribution < -0.4 is 0 Å². The third-order valence-electron chi connectivity index (χ3n) is 3.66. The van der Waals surface area contributed by atoms with Gasteiger partial charge < -0.3 is 9.15 Å². The van der Waals surface area contributed by atoms with Crippen LogP contribution in [0, 0.1) is 15.9 Å². The number of halogens is 1. The molecule has 3 aromatic rings. The molecule has 2 aromatic carbocycles. The first-order valence-electron chi connectivity index (χ1n) is 7.94. The second kappa shape index (κ2) is 7.73. The lowest BCUT2D eigenvalue weighted by atomic mass is 10.1. The topological polar surface area (TPSA) is 108 Å². The van der Waals surface area contributed by atoms with E-state index >= 15 is 0 Å². The van der Waals surface area contributed by atoms with Crippen molar-refractivity contribution < 1.29 is 23.3 Å². The summed E-state index contributed by atoms with van der Waals surface area (Å²) in [6.45, 7) is 1.57. The number of nitro benzene ring substituents is 1. The van der Waals surface area contributed by atoms with Crippen molar-refractivity contribution in [2.45, 2.75) is 19.4 Å². The fourth-order valence-electron chi connectivity index (χ4n) is 2.34. The Balaban J connectivity index is 1.64. The van der Waals surface area contributed by atoms with Crippen LogP contribution in [-0.2, 0) is 16.0 Å². The predicted octanol–water partition coefficient (Wildman–Crippen LogP) is 3.63. The van der Waals surface area contributed by atoms with Gasteiger partial charge in [0.2, 0.25) is 5.89 Å². The first-order valence-corrected chi connectivity index (χ1v) is 7.94. The molecule has 0 saturated heterocycles.